The van der Waals surface area contributed by atoms with E-state index in [-0.39, 0.29) is 11.9 Å². The van der Waals surface area contributed by atoms with Crippen LogP contribution in [-0.2, 0) is 13.0 Å². The molecule has 136 valence electrons. The maximum atomic E-state index is 13.3. The zero-order valence-corrected chi connectivity index (χ0v) is 15.5. The van der Waals surface area contributed by atoms with Gasteiger partial charge in [0.1, 0.15) is 17.4 Å². The van der Waals surface area contributed by atoms with E-state index in [0.29, 0.717) is 18.9 Å². The van der Waals surface area contributed by atoms with E-state index in [9.17, 15) is 4.79 Å². The van der Waals surface area contributed by atoms with Crippen LogP contribution in [0.3, 0.4) is 0 Å². The molecular weight excluding hydrogens is 362 g/mol. The Balaban J connectivity index is 1.63. The SMILES string of the molecule is CCn1cnnc1C(=O)N1CCc2[nH]cnc2[C@H]1c1nc2ccccc2s1. The van der Waals surface area contributed by atoms with Gasteiger partial charge in [0.2, 0.25) is 5.82 Å². The summed E-state index contributed by atoms with van der Waals surface area (Å²) in [5.41, 5.74) is 2.85. The molecule has 27 heavy (non-hydrogen) atoms. The van der Waals surface area contributed by atoms with Crippen LogP contribution >= 0.6 is 11.3 Å². The van der Waals surface area contributed by atoms with Crippen LogP contribution in [-0.4, -0.2) is 47.1 Å². The number of amides is 1. The minimum absolute atomic E-state index is 0.146. The van der Waals surface area contributed by atoms with E-state index < -0.39 is 0 Å². The number of H-pyrrole nitrogens is 1. The van der Waals surface area contributed by atoms with Gasteiger partial charge < -0.3 is 14.5 Å². The van der Waals surface area contributed by atoms with E-state index in [4.69, 9.17) is 4.98 Å². The number of fused-ring (bicyclic) bond motifs is 2. The zero-order chi connectivity index (χ0) is 18.4. The number of carbonyl (C=O) groups excluding carboxylic acids is 1. The minimum atomic E-state index is -0.327. The maximum absolute atomic E-state index is 13.3. The molecule has 1 aliphatic heterocycles. The Morgan fingerprint density at radius 3 is 3.11 bits per heavy atom. The second kappa shape index (κ2) is 6.27. The van der Waals surface area contributed by atoms with Gasteiger partial charge in [-0.15, -0.1) is 21.5 Å². The maximum Gasteiger partial charge on any atom is 0.292 e. The van der Waals surface area contributed by atoms with Crippen LogP contribution in [0.2, 0.25) is 0 Å². The zero-order valence-electron chi connectivity index (χ0n) is 14.7. The summed E-state index contributed by atoms with van der Waals surface area (Å²) in [5, 5.41) is 8.82. The molecule has 4 aromatic rings. The third kappa shape index (κ3) is 2.54. The first-order valence-electron chi connectivity index (χ1n) is 8.82. The Bertz CT molecular complexity index is 1090. The lowest BCUT2D eigenvalue weighted by molar-refractivity contribution is 0.0672. The molecule has 1 aliphatic rings. The van der Waals surface area contributed by atoms with Crippen molar-refractivity contribution in [2.75, 3.05) is 6.54 Å². The van der Waals surface area contributed by atoms with Crippen molar-refractivity contribution in [1.29, 1.82) is 0 Å². The normalized spacial score (nSPS) is 16.6. The molecule has 0 saturated heterocycles. The van der Waals surface area contributed by atoms with Gasteiger partial charge in [-0.05, 0) is 19.1 Å². The average molecular weight is 379 g/mol. The van der Waals surface area contributed by atoms with Crippen LogP contribution in [0.5, 0.6) is 0 Å². The lowest BCUT2D eigenvalue weighted by Gasteiger charge is -2.33. The van der Waals surface area contributed by atoms with Crippen molar-refractivity contribution in [1.82, 2.24) is 34.6 Å². The van der Waals surface area contributed by atoms with Gasteiger partial charge in [0.25, 0.3) is 5.91 Å². The molecule has 0 fully saturated rings. The molecule has 0 aliphatic carbocycles. The van der Waals surface area contributed by atoms with Crippen molar-refractivity contribution < 1.29 is 4.79 Å². The minimum Gasteiger partial charge on any atom is -0.348 e. The lowest BCUT2D eigenvalue weighted by atomic mass is 10.0. The van der Waals surface area contributed by atoms with E-state index in [0.717, 1.165) is 33.0 Å². The predicted molar refractivity (Wildman–Crippen MR) is 100 cm³/mol. The molecule has 0 saturated carbocycles. The van der Waals surface area contributed by atoms with Crippen LogP contribution in [0.1, 0.15) is 40.0 Å². The molecular formula is C18H17N7OS. The summed E-state index contributed by atoms with van der Waals surface area (Å²) in [6.45, 7) is 3.18. The Hall–Kier alpha value is -3.07. The number of nitrogens with one attached hydrogen (secondary N) is 1. The van der Waals surface area contributed by atoms with Gasteiger partial charge in [0.05, 0.1) is 22.2 Å². The van der Waals surface area contributed by atoms with Gasteiger partial charge in [0, 0.05) is 25.2 Å². The van der Waals surface area contributed by atoms with Crippen LogP contribution in [0.4, 0.5) is 0 Å². The number of benzene rings is 1. The fraction of sp³-hybridized carbons (Fsp3) is 0.278. The summed E-state index contributed by atoms with van der Waals surface area (Å²) in [7, 11) is 0. The summed E-state index contributed by atoms with van der Waals surface area (Å²) in [4.78, 5) is 27.6. The molecule has 9 heteroatoms. The fourth-order valence-corrected chi connectivity index (χ4v) is 4.62. The second-order valence-electron chi connectivity index (χ2n) is 6.38. The second-order valence-corrected chi connectivity index (χ2v) is 7.44. The molecule has 4 heterocycles. The topological polar surface area (TPSA) is 92.6 Å². The van der Waals surface area contributed by atoms with Gasteiger partial charge in [-0.25, -0.2) is 9.97 Å². The van der Waals surface area contributed by atoms with Gasteiger partial charge in [0.15, 0.2) is 0 Å². The highest BCUT2D eigenvalue weighted by atomic mass is 32.1. The molecule has 8 nitrogen and oxygen atoms in total. The molecule has 0 unspecified atom stereocenters. The molecule has 1 aromatic carbocycles. The Labute approximate surface area is 158 Å². The van der Waals surface area contributed by atoms with Crippen LogP contribution in [0.15, 0.2) is 36.9 Å². The van der Waals surface area contributed by atoms with Crippen molar-refractivity contribution in [2.45, 2.75) is 25.9 Å². The fourth-order valence-electron chi connectivity index (χ4n) is 3.53. The van der Waals surface area contributed by atoms with Crippen molar-refractivity contribution >= 4 is 27.5 Å². The quantitative estimate of drug-likeness (QED) is 0.590. The van der Waals surface area contributed by atoms with Crippen molar-refractivity contribution in [3.63, 3.8) is 0 Å². The number of para-hydroxylation sites is 1. The molecule has 0 bridgehead atoms. The lowest BCUT2D eigenvalue weighted by Crippen LogP contribution is -2.41. The highest BCUT2D eigenvalue weighted by Crippen LogP contribution is 2.37. The van der Waals surface area contributed by atoms with E-state index in [2.05, 4.69) is 20.2 Å². The number of aromatic amines is 1. The number of hydrogen-bond acceptors (Lipinski definition) is 6. The Kier molecular flexibility index (Phi) is 3.75. The number of rotatable bonds is 3. The molecule has 3 aromatic heterocycles. The summed E-state index contributed by atoms with van der Waals surface area (Å²) in [6, 6.07) is 7.68. The van der Waals surface area contributed by atoms with Gasteiger partial charge >= 0.3 is 0 Å². The Morgan fingerprint density at radius 2 is 2.26 bits per heavy atom. The van der Waals surface area contributed by atoms with E-state index >= 15 is 0 Å². The number of carbonyl (C=O) groups is 1. The monoisotopic (exact) mass is 379 g/mol. The molecule has 1 amide bonds. The number of hydrogen-bond donors (Lipinski definition) is 1. The van der Waals surface area contributed by atoms with E-state index in [1.54, 1.807) is 28.6 Å². The van der Waals surface area contributed by atoms with Crippen LogP contribution in [0.25, 0.3) is 10.2 Å². The summed E-state index contributed by atoms with van der Waals surface area (Å²) in [5.74, 6) is 0.204. The summed E-state index contributed by atoms with van der Waals surface area (Å²) in [6.07, 6.45) is 4.00. The highest BCUT2D eigenvalue weighted by Gasteiger charge is 2.38. The van der Waals surface area contributed by atoms with Crippen LogP contribution in [0, 0.1) is 0 Å². The van der Waals surface area contributed by atoms with E-state index in [1.807, 2.05) is 36.1 Å². The number of nitrogens with zero attached hydrogens (tertiary/aromatic N) is 6. The van der Waals surface area contributed by atoms with Gasteiger partial charge in [-0.2, -0.15) is 0 Å². The average Bonchev–Trinajstić information content (AvgIpc) is 3.44. The highest BCUT2D eigenvalue weighted by molar-refractivity contribution is 7.18. The molecule has 1 N–H and O–H groups in total. The number of aryl methyl sites for hydroxylation is 1. The smallest absolute Gasteiger partial charge is 0.292 e. The predicted octanol–water partition coefficient (Wildman–Crippen LogP) is 2.42. The third-order valence-electron chi connectivity index (χ3n) is 4.88. The van der Waals surface area contributed by atoms with Crippen molar-refractivity contribution in [2.24, 2.45) is 0 Å². The standard InChI is InChI=1S/C18H17N7OS/c1-2-24-10-21-23-16(24)18(26)25-8-7-12-14(20-9-19-12)15(25)17-22-11-5-3-4-6-13(11)27-17/h3-6,9-10,15H,2,7-8H2,1H3,(H,19,20)/t15-/m0/s1. The molecule has 1 atom stereocenters. The third-order valence-corrected chi connectivity index (χ3v) is 5.97. The summed E-state index contributed by atoms with van der Waals surface area (Å²) >= 11 is 1.60. The summed E-state index contributed by atoms with van der Waals surface area (Å²) < 4.78 is 2.86. The first-order chi connectivity index (χ1) is 13.3. The van der Waals surface area contributed by atoms with Crippen molar-refractivity contribution in [3.05, 3.63) is 59.1 Å². The number of aromatic nitrogens is 6. The van der Waals surface area contributed by atoms with Gasteiger partial charge in [-0.3, -0.25) is 4.79 Å². The first kappa shape index (κ1) is 16.1. The molecule has 5 rings (SSSR count). The van der Waals surface area contributed by atoms with Gasteiger partial charge in [-0.1, -0.05) is 12.1 Å². The number of imidazole rings is 1. The van der Waals surface area contributed by atoms with Crippen LogP contribution < -0.4 is 0 Å². The molecule has 0 spiro atoms. The number of thiazole rings is 1. The van der Waals surface area contributed by atoms with E-state index in [1.165, 1.54) is 0 Å². The molecule has 0 radical (unpaired) electrons. The first-order valence-corrected chi connectivity index (χ1v) is 9.64. The largest absolute Gasteiger partial charge is 0.348 e. The Morgan fingerprint density at radius 1 is 1.37 bits per heavy atom. The van der Waals surface area contributed by atoms with Crippen molar-refractivity contribution in [3.8, 4) is 0 Å².